The second kappa shape index (κ2) is 10.3. The molecular weight excluding hydrogens is 406 g/mol. The number of benzene rings is 1. The van der Waals surface area contributed by atoms with Crippen molar-refractivity contribution < 1.29 is 13.2 Å². The van der Waals surface area contributed by atoms with Crippen LogP contribution < -0.4 is 10.0 Å². The van der Waals surface area contributed by atoms with Crippen LogP contribution in [0.3, 0.4) is 0 Å². The van der Waals surface area contributed by atoms with E-state index in [0.29, 0.717) is 11.0 Å². The predicted octanol–water partition coefficient (Wildman–Crippen LogP) is 2.11. The van der Waals surface area contributed by atoms with Crippen molar-refractivity contribution in [3.8, 4) is 0 Å². The van der Waals surface area contributed by atoms with Crippen LogP contribution in [-0.2, 0) is 14.8 Å². The van der Waals surface area contributed by atoms with Crippen LogP contribution in [0.2, 0.25) is 0 Å². The summed E-state index contributed by atoms with van der Waals surface area (Å²) in [6.45, 7) is 4.05. The number of hydrogen-bond donors (Lipinski definition) is 2. The summed E-state index contributed by atoms with van der Waals surface area (Å²) in [6.07, 6.45) is 4.92. The number of sulfonamides is 1. The third-order valence-electron chi connectivity index (χ3n) is 4.17. The monoisotopic (exact) mass is 431 g/mol. The third-order valence-corrected chi connectivity index (χ3v) is 6.12. The number of nitrogens with one attached hydrogen (secondary N) is 2. The number of likely N-dealkylation sites (tertiary alicyclic amines) is 1. The maximum Gasteiger partial charge on any atom is 0.240 e. The number of amides is 1. The zero-order valence-corrected chi connectivity index (χ0v) is 16.7. The summed E-state index contributed by atoms with van der Waals surface area (Å²) in [5.41, 5.74) is 0. The molecule has 0 atom stereocenters. The van der Waals surface area contributed by atoms with E-state index in [4.69, 9.17) is 0 Å². The predicted molar refractivity (Wildman–Crippen MR) is 102 cm³/mol. The number of hydrogen-bond acceptors (Lipinski definition) is 4. The van der Waals surface area contributed by atoms with Crippen molar-refractivity contribution >= 4 is 31.9 Å². The minimum Gasteiger partial charge on any atom is -0.356 e. The molecule has 0 radical (unpaired) electrons. The zero-order valence-electron chi connectivity index (χ0n) is 14.3. The Morgan fingerprint density at radius 2 is 1.92 bits per heavy atom. The average molecular weight is 432 g/mol. The lowest BCUT2D eigenvalue weighted by Gasteiger charge is -2.26. The largest absolute Gasteiger partial charge is 0.356 e. The first kappa shape index (κ1) is 20.4. The molecule has 1 amide bonds. The highest BCUT2D eigenvalue weighted by molar-refractivity contribution is 9.10. The van der Waals surface area contributed by atoms with Gasteiger partial charge in [0, 0.05) is 24.0 Å². The van der Waals surface area contributed by atoms with Crippen LogP contribution in [0.1, 0.15) is 32.1 Å². The van der Waals surface area contributed by atoms with E-state index >= 15 is 0 Å². The number of nitrogens with zero attached hydrogens (tertiary/aromatic N) is 1. The Labute approximate surface area is 158 Å². The van der Waals surface area contributed by atoms with Gasteiger partial charge in [-0.25, -0.2) is 13.1 Å². The second-order valence-corrected chi connectivity index (χ2v) is 8.89. The van der Waals surface area contributed by atoms with Crippen LogP contribution in [0, 0.1) is 0 Å². The van der Waals surface area contributed by atoms with Crippen LogP contribution in [0.25, 0.3) is 0 Å². The molecule has 1 fully saturated rings. The first-order chi connectivity index (χ1) is 12.0. The lowest BCUT2D eigenvalue weighted by Crippen LogP contribution is -2.34. The molecule has 1 saturated heterocycles. The SMILES string of the molecule is O=C(CCNS(=O)(=O)c1cccc(Br)c1)NCCCN1CCCCC1. The van der Waals surface area contributed by atoms with Crippen LogP contribution >= 0.6 is 15.9 Å². The van der Waals surface area contributed by atoms with E-state index in [1.807, 2.05) is 0 Å². The molecule has 2 N–H and O–H groups in total. The fraction of sp³-hybridized carbons (Fsp3) is 0.588. The Morgan fingerprint density at radius 3 is 2.64 bits per heavy atom. The van der Waals surface area contributed by atoms with E-state index in [2.05, 4.69) is 30.9 Å². The quantitative estimate of drug-likeness (QED) is 0.586. The summed E-state index contributed by atoms with van der Waals surface area (Å²) in [6, 6.07) is 6.47. The highest BCUT2D eigenvalue weighted by Crippen LogP contribution is 2.15. The fourth-order valence-electron chi connectivity index (χ4n) is 2.82. The van der Waals surface area contributed by atoms with Crippen molar-refractivity contribution in [1.29, 1.82) is 0 Å². The van der Waals surface area contributed by atoms with Gasteiger partial charge in [-0.2, -0.15) is 0 Å². The molecule has 25 heavy (non-hydrogen) atoms. The Balaban J connectivity index is 1.61. The molecule has 0 bridgehead atoms. The molecule has 8 heteroatoms. The summed E-state index contributed by atoms with van der Waals surface area (Å²) >= 11 is 3.25. The molecule has 1 heterocycles. The summed E-state index contributed by atoms with van der Waals surface area (Å²) in [7, 11) is -3.58. The number of carbonyl (C=O) groups excluding carboxylic acids is 1. The first-order valence-electron chi connectivity index (χ1n) is 8.72. The highest BCUT2D eigenvalue weighted by Gasteiger charge is 2.14. The highest BCUT2D eigenvalue weighted by atomic mass is 79.9. The minimum absolute atomic E-state index is 0.0901. The van der Waals surface area contributed by atoms with Gasteiger partial charge in [-0.05, 0) is 57.1 Å². The Bertz CT molecular complexity index is 661. The van der Waals surface area contributed by atoms with Gasteiger partial charge in [0.05, 0.1) is 4.90 Å². The average Bonchev–Trinajstić information content (AvgIpc) is 2.59. The van der Waals surface area contributed by atoms with Gasteiger partial charge in [-0.15, -0.1) is 0 Å². The van der Waals surface area contributed by atoms with Gasteiger partial charge in [0.2, 0.25) is 15.9 Å². The zero-order chi connectivity index (χ0) is 18.1. The van der Waals surface area contributed by atoms with Crippen LogP contribution in [-0.4, -0.2) is 51.9 Å². The topological polar surface area (TPSA) is 78.5 Å². The molecule has 0 saturated carbocycles. The first-order valence-corrected chi connectivity index (χ1v) is 11.0. The van der Waals surface area contributed by atoms with Crippen LogP contribution in [0.15, 0.2) is 33.6 Å². The molecule has 1 aliphatic rings. The lowest BCUT2D eigenvalue weighted by molar-refractivity contribution is -0.120. The molecule has 1 aromatic rings. The van der Waals surface area contributed by atoms with Crippen molar-refractivity contribution in [2.45, 2.75) is 37.0 Å². The molecule has 140 valence electrons. The van der Waals surface area contributed by atoms with Gasteiger partial charge >= 0.3 is 0 Å². The number of piperidine rings is 1. The summed E-state index contributed by atoms with van der Waals surface area (Å²) in [4.78, 5) is 14.4. The normalized spacial score (nSPS) is 15.9. The number of halogens is 1. The van der Waals surface area contributed by atoms with Gasteiger partial charge < -0.3 is 10.2 Å². The Hall–Kier alpha value is -0.960. The molecule has 1 aliphatic heterocycles. The van der Waals surface area contributed by atoms with Crippen LogP contribution in [0.5, 0.6) is 0 Å². The van der Waals surface area contributed by atoms with Crippen molar-refractivity contribution in [2.24, 2.45) is 0 Å². The summed E-state index contributed by atoms with van der Waals surface area (Å²) in [5.74, 6) is -0.129. The molecule has 1 aromatic carbocycles. The number of rotatable bonds is 9. The van der Waals surface area contributed by atoms with Crippen molar-refractivity contribution in [3.05, 3.63) is 28.7 Å². The number of carbonyl (C=O) groups is 1. The van der Waals surface area contributed by atoms with Gasteiger partial charge in [0.1, 0.15) is 0 Å². The second-order valence-electron chi connectivity index (χ2n) is 6.21. The van der Waals surface area contributed by atoms with Crippen LogP contribution in [0.4, 0.5) is 0 Å². The Morgan fingerprint density at radius 1 is 1.16 bits per heavy atom. The molecule has 6 nitrogen and oxygen atoms in total. The summed E-state index contributed by atoms with van der Waals surface area (Å²) < 4.78 is 27.4. The standard InChI is InChI=1S/C17H26BrN3O3S/c18-15-6-4-7-16(14-15)25(23,24)20-10-8-17(22)19-9-5-13-21-11-2-1-3-12-21/h4,6-7,14,20H,1-3,5,8-13H2,(H,19,22). The Kier molecular flexibility index (Phi) is 8.35. The molecule has 0 unspecified atom stereocenters. The fourth-order valence-corrected chi connectivity index (χ4v) is 4.45. The van der Waals surface area contributed by atoms with E-state index in [1.165, 1.54) is 31.4 Å². The van der Waals surface area contributed by atoms with Gasteiger partial charge in [0.25, 0.3) is 0 Å². The molecule has 0 spiro atoms. The minimum atomic E-state index is -3.58. The van der Waals surface area contributed by atoms with E-state index in [0.717, 1.165) is 26.1 Å². The van der Waals surface area contributed by atoms with Gasteiger partial charge in [-0.1, -0.05) is 28.4 Å². The smallest absolute Gasteiger partial charge is 0.240 e. The third kappa shape index (κ3) is 7.43. The van der Waals surface area contributed by atoms with Gasteiger partial charge in [0.15, 0.2) is 0 Å². The lowest BCUT2D eigenvalue weighted by atomic mass is 10.1. The maximum atomic E-state index is 12.1. The van der Waals surface area contributed by atoms with Gasteiger partial charge in [-0.3, -0.25) is 4.79 Å². The maximum absolute atomic E-state index is 12.1. The van der Waals surface area contributed by atoms with Crippen molar-refractivity contribution in [3.63, 3.8) is 0 Å². The molecule has 2 rings (SSSR count). The van der Waals surface area contributed by atoms with E-state index in [9.17, 15) is 13.2 Å². The molecule has 0 aromatic heterocycles. The molecular formula is C17H26BrN3O3S. The van der Waals surface area contributed by atoms with Crippen molar-refractivity contribution in [1.82, 2.24) is 14.9 Å². The van der Waals surface area contributed by atoms with E-state index < -0.39 is 10.0 Å². The molecule has 0 aliphatic carbocycles. The van der Waals surface area contributed by atoms with Crippen molar-refractivity contribution in [2.75, 3.05) is 32.7 Å². The van der Waals surface area contributed by atoms with E-state index in [-0.39, 0.29) is 23.8 Å². The summed E-state index contributed by atoms with van der Waals surface area (Å²) in [5, 5.41) is 2.85. The van der Waals surface area contributed by atoms with E-state index in [1.54, 1.807) is 12.1 Å².